The molecule has 1 heterocycles. The first-order chi connectivity index (χ1) is 21.6. The Hall–Kier alpha value is -2.42. The van der Waals surface area contributed by atoms with Crippen molar-refractivity contribution in [3.05, 3.63) is 34.9 Å². The molecule has 47 heavy (non-hydrogen) atoms. The molecule has 0 spiro atoms. The minimum atomic E-state index is -2.04. The largest absolute Gasteiger partial charge is 0.504 e. The molecule has 2 saturated carbocycles. The quantitative estimate of drug-likeness (QED) is 0.190. The Labute approximate surface area is 274 Å². The van der Waals surface area contributed by atoms with Gasteiger partial charge in [0.2, 0.25) is 6.29 Å². The molecule has 262 valence electrons. The highest BCUT2D eigenvalue weighted by molar-refractivity contribution is 5.98. The fourth-order valence-corrected chi connectivity index (χ4v) is 9.58. The van der Waals surface area contributed by atoms with Gasteiger partial charge in [-0.05, 0) is 99.5 Å². The zero-order valence-electron chi connectivity index (χ0n) is 28.1. The number of ether oxygens (including phenoxy) is 2. The third-order valence-corrected chi connectivity index (χ3v) is 12.3. The van der Waals surface area contributed by atoms with E-state index >= 15 is 0 Å². The van der Waals surface area contributed by atoms with E-state index in [1.807, 2.05) is 20.8 Å². The number of benzene rings is 1. The first kappa shape index (κ1) is 35.9. The highest BCUT2D eigenvalue weighted by Gasteiger charge is 2.73. The summed E-state index contributed by atoms with van der Waals surface area (Å²) in [6.07, 6.45) is -5.29. The fourth-order valence-electron chi connectivity index (χ4n) is 9.58. The van der Waals surface area contributed by atoms with Crippen LogP contribution in [-0.4, -0.2) is 107 Å². The summed E-state index contributed by atoms with van der Waals surface area (Å²) in [5, 5.41) is 85.3. The number of hydrogen-bond acceptors (Lipinski definition) is 12. The van der Waals surface area contributed by atoms with Gasteiger partial charge in [-0.2, -0.15) is 0 Å². The number of rotatable bonds is 7. The summed E-state index contributed by atoms with van der Waals surface area (Å²) >= 11 is 0. The zero-order valence-corrected chi connectivity index (χ0v) is 28.1. The van der Waals surface area contributed by atoms with Gasteiger partial charge in [-0.3, -0.25) is 9.59 Å². The van der Waals surface area contributed by atoms with E-state index in [-0.39, 0.29) is 36.0 Å². The maximum absolute atomic E-state index is 14.6. The molecular weight excluding hydrogens is 612 g/mol. The lowest BCUT2D eigenvalue weighted by Gasteiger charge is -2.61. The number of aliphatic hydroxyl groups excluding tert-OH is 5. The number of hydrogen-bond donors (Lipinski definition) is 8. The molecule has 12 nitrogen and oxygen atoms in total. The molecule has 12 atom stereocenters. The first-order valence-corrected chi connectivity index (χ1v) is 16.3. The van der Waals surface area contributed by atoms with Crippen molar-refractivity contribution >= 4 is 11.6 Å². The van der Waals surface area contributed by atoms with Crippen LogP contribution in [0.1, 0.15) is 77.5 Å². The first-order valence-electron chi connectivity index (χ1n) is 16.3. The number of aliphatic hydroxyl groups is 7. The lowest BCUT2D eigenvalue weighted by Crippen LogP contribution is -2.63. The summed E-state index contributed by atoms with van der Waals surface area (Å²) in [4.78, 5) is 27.9. The number of carbonyl (C=O) groups excluding carboxylic acids is 2. The second kappa shape index (κ2) is 11.6. The van der Waals surface area contributed by atoms with Crippen LogP contribution in [0.5, 0.6) is 11.5 Å². The molecule has 1 aromatic rings. The molecule has 1 aliphatic heterocycles. The monoisotopic (exact) mass is 662 g/mol. The number of carbonyl (C=O) groups is 2. The van der Waals surface area contributed by atoms with E-state index < -0.39 is 82.6 Å². The summed E-state index contributed by atoms with van der Waals surface area (Å²) in [5.41, 5.74) is -4.36. The Balaban J connectivity index is 1.55. The van der Waals surface area contributed by atoms with E-state index in [9.17, 15) is 50.4 Å². The second-order valence-corrected chi connectivity index (χ2v) is 15.7. The zero-order chi connectivity index (χ0) is 35.2. The summed E-state index contributed by atoms with van der Waals surface area (Å²) in [6.45, 7) is 11.1. The third-order valence-electron chi connectivity index (χ3n) is 12.3. The summed E-state index contributed by atoms with van der Waals surface area (Å²) in [5.74, 6) is -2.54. The van der Waals surface area contributed by atoms with Crippen LogP contribution in [0.3, 0.4) is 0 Å². The number of fused-ring (bicyclic) bond motifs is 5. The minimum Gasteiger partial charge on any atom is -0.504 e. The van der Waals surface area contributed by atoms with Crippen LogP contribution in [0.15, 0.2) is 18.2 Å². The van der Waals surface area contributed by atoms with Crippen LogP contribution in [0.25, 0.3) is 0 Å². The minimum absolute atomic E-state index is 0.0564. The number of ketones is 2. The number of aromatic hydroxyl groups is 1. The van der Waals surface area contributed by atoms with Gasteiger partial charge in [0.1, 0.15) is 35.8 Å². The van der Waals surface area contributed by atoms with Crippen molar-refractivity contribution in [3.8, 4) is 11.5 Å². The number of Topliss-reactive ketones (excluding diaryl/α,β-unsaturated/α-hetero) is 1. The van der Waals surface area contributed by atoms with Crippen molar-refractivity contribution in [1.82, 2.24) is 0 Å². The highest BCUT2D eigenvalue weighted by atomic mass is 16.7. The van der Waals surface area contributed by atoms with Crippen LogP contribution in [0, 0.1) is 29.6 Å². The van der Waals surface area contributed by atoms with E-state index in [1.54, 1.807) is 13.0 Å². The van der Waals surface area contributed by atoms with Gasteiger partial charge < -0.3 is 50.3 Å². The van der Waals surface area contributed by atoms with E-state index in [4.69, 9.17) is 9.47 Å². The molecule has 3 aliphatic carbocycles. The molecule has 3 fully saturated rings. The topological polar surface area (TPSA) is 214 Å². The Bertz CT molecular complexity index is 1460. The molecule has 1 saturated heterocycles. The highest BCUT2D eigenvalue weighted by Crippen LogP contribution is 2.72. The van der Waals surface area contributed by atoms with Crippen molar-refractivity contribution in [3.63, 3.8) is 0 Å². The van der Waals surface area contributed by atoms with Crippen molar-refractivity contribution in [1.29, 1.82) is 0 Å². The Morgan fingerprint density at radius 2 is 1.70 bits per heavy atom. The van der Waals surface area contributed by atoms with Gasteiger partial charge in [0.05, 0.1) is 23.7 Å². The van der Waals surface area contributed by atoms with Gasteiger partial charge >= 0.3 is 0 Å². The third kappa shape index (κ3) is 5.27. The normalized spacial score (nSPS) is 41.6. The van der Waals surface area contributed by atoms with Gasteiger partial charge in [0, 0.05) is 12.3 Å². The molecular formula is C35H50O12. The SMILES string of the molecule is Cc1c(O)c(O[C@@H]2O[C@H](CO)[C@@H](O)[C@H](O)[C@H]2O)cc2c1CC[C@@H]1[C@@]2(C)C(=O)C[C@]2(C)[C@@H]([C@@](C)(O)C(=O)/C=C/C(C)(C)O)[C@H](O)C[C@@]12C. The lowest BCUT2D eigenvalue weighted by molar-refractivity contribution is -0.277. The molecule has 0 amide bonds. The van der Waals surface area contributed by atoms with Gasteiger partial charge in [-0.25, -0.2) is 0 Å². The van der Waals surface area contributed by atoms with Crippen molar-refractivity contribution in [2.45, 2.75) is 128 Å². The maximum Gasteiger partial charge on any atom is 0.229 e. The summed E-state index contributed by atoms with van der Waals surface area (Å²) < 4.78 is 11.4. The predicted octanol–water partition coefficient (Wildman–Crippen LogP) is 0.713. The van der Waals surface area contributed by atoms with Crippen molar-refractivity contribution in [2.75, 3.05) is 6.61 Å². The van der Waals surface area contributed by atoms with Crippen LogP contribution < -0.4 is 4.74 Å². The van der Waals surface area contributed by atoms with E-state index in [0.29, 0.717) is 24.0 Å². The predicted molar refractivity (Wildman–Crippen MR) is 167 cm³/mol. The van der Waals surface area contributed by atoms with Crippen LogP contribution in [0.4, 0.5) is 0 Å². The molecule has 0 radical (unpaired) electrons. The van der Waals surface area contributed by atoms with Crippen molar-refractivity contribution in [2.24, 2.45) is 22.7 Å². The standard InChI is InChI=1S/C35H50O12/c1-16-17-8-9-22-32(4)13-19(37)29(35(7,45)23(38)10-11-31(2,3)44)33(32,5)14-24(39)34(22,6)18(17)12-20(25(16)40)46-30-28(43)27(42)26(41)21(15-36)47-30/h10-12,19,21-22,26-30,36-37,40-45H,8-9,13-15H2,1-7H3/b11-10+/t19-,21-,22+,26-,27+,28-,29+,30-,32+,33-,34+,35+/m1/s1. The van der Waals surface area contributed by atoms with E-state index in [1.165, 1.54) is 26.8 Å². The summed E-state index contributed by atoms with van der Waals surface area (Å²) in [7, 11) is 0. The van der Waals surface area contributed by atoms with E-state index in [0.717, 1.165) is 11.6 Å². The summed E-state index contributed by atoms with van der Waals surface area (Å²) in [6, 6.07) is 1.54. The van der Waals surface area contributed by atoms with Crippen molar-refractivity contribution < 1.29 is 59.9 Å². The van der Waals surface area contributed by atoms with Gasteiger partial charge in [0.25, 0.3) is 0 Å². The van der Waals surface area contributed by atoms with Gasteiger partial charge in [0.15, 0.2) is 17.3 Å². The number of phenols is 1. The van der Waals surface area contributed by atoms with E-state index in [2.05, 4.69) is 0 Å². The fraction of sp³-hybridized carbons (Fsp3) is 0.714. The average molecular weight is 663 g/mol. The van der Waals surface area contributed by atoms with Crippen LogP contribution >= 0.6 is 0 Å². The molecule has 4 aliphatic rings. The molecule has 0 aromatic heterocycles. The van der Waals surface area contributed by atoms with Crippen LogP contribution in [0.2, 0.25) is 0 Å². The Morgan fingerprint density at radius 1 is 1.06 bits per heavy atom. The maximum atomic E-state index is 14.6. The second-order valence-electron chi connectivity index (χ2n) is 15.7. The Morgan fingerprint density at radius 3 is 2.30 bits per heavy atom. The molecule has 0 unspecified atom stereocenters. The molecule has 0 bridgehead atoms. The van der Waals surface area contributed by atoms with Gasteiger partial charge in [-0.1, -0.05) is 19.9 Å². The Kier molecular flexibility index (Phi) is 8.84. The molecule has 5 rings (SSSR count). The average Bonchev–Trinajstić information content (AvgIpc) is 3.19. The molecule has 1 aromatic carbocycles. The lowest BCUT2D eigenvalue weighted by atomic mass is 9.41. The molecule has 12 heteroatoms. The smallest absolute Gasteiger partial charge is 0.229 e. The number of phenolic OH excluding ortho intramolecular Hbond substituents is 1. The van der Waals surface area contributed by atoms with Gasteiger partial charge in [-0.15, -0.1) is 0 Å². The van der Waals surface area contributed by atoms with Crippen LogP contribution in [-0.2, 0) is 26.2 Å². The molecule has 8 N–H and O–H groups in total.